The van der Waals surface area contributed by atoms with Gasteiger partial charge in [0.25, 0.3) is 0 Å². The average molecular weight is 198 g/mol. The number of hydrogen-bond acceptors (Lipinski definition) is 3. The van der Waals surface area contributed by atoms with Crippen LogP contribution in [0.5, 0.6) is 0 Å². The molecule has 2 atom stereocenters. The van der Waals surface area contributed by atoms with Crippen molar-refractivity contribution in [3.05, 3.63) is 29.6 Å². The van der Waals surface area contributed by atoms with E-state index in [1.165, 1.54) is 18.2 Å². The molecule has 0 saturated carbocycles. The first-order valence-corrected chi connectivity index (χ1v) is 4.46. The molecule has 0 spiro atoms. The molecule has 1 aromatic carbocycles. The third-order valence-electron chi connectivity index (χ3n) is 2.30. The van der Waals surface area contributed by atoms with Crippen molar-refractivity contribution >= 4 is 5.69 Å². The molecule has 4 N–H and O–H groups in total. The lowest BCUT2D eigenvalue weighted by Crippen LogP contribution is -2.29. The van der Waals surface area contributed by atoms with E-state index in [1.807, 2.05) is 6.92 Å². The number of nitrogens with two attached hydrogens (primary N) is 1. The van der Waals surface area contributed by atoms with Gasteiger partial charge in [0.1, 0.15) is 5.82 Å². The molecule has 78 valence electrons. The number of likely N-dealkylation sites (N-methyl/N-ethyl adjacent to an activating group) is 1. The summed E-state index contributed by atoms with van der Waals surface area (Å²) in [5.41, 5.74) is 6.41. The van der Waals surface area contributed by atoms with E-state index in [0.717, 1.165) is 0 Å². The molecular formula is C10H15FN2O. The van der Waals surface area contributed by atoms with Gasteiger partial charge in [-0.15, -0.1) is 0 Å². The van der Waals surface area contributed by atoms with Crippen LogP contribution in [0.25, 0.3) is 0 Å². The largest absolute Gasteiger partial charge is 0.398 e. The molecule has 1 aromatic rings. The molecule has 0 heterocycles. The molecule has 2 unspecified atom stereocenters. The fourth-order valence-electron chi connectivity index (χ4n) is 1.24. The molecule has 0 aromatic heterocycles. The Morgan fingerprint density at radius 1 is 1.50 bits per heavy atom. The molecule has 0 aliphatic carbocycles. The quantitative estimate of drug-likeness (QED) is 0.636. The summed E-state index contributed by atoms with van der Waals surface area (Å²) in [5, 5.41) is 12.7. The minimum Gasteiger partial charge on any atom is -0.398 e. The highest BCUT2D eigenvalue weighted by atomic mass is 19.1. The molecule has 1 rings (SSSR count). The number of hydrogen-bond donors (Lipinski definition) is 3. The van der Waals surface area contributed by atoms with Gasteiger partial charge < -0.3 is 16.2 Å². The lowest BCUT2D eigenvalue weighted by atomic mass is 10.0. The fraction of sp³-hybridized carbons (Fsp3) is 0.400. The van der Waals surface area contributed by atoms with Crippen LogP contribution in [0, 0.1) is 5.82 Å². The van der Waals surface area contributed by atoms with E-state index in [-0.39, 0.29) is 11.7 Å². The summed E-state index contributed by atoms with van der Waals surface area (Å²) >= 11 is 0. The Bertz CT molecular complexity index is 317. The van der Waals surface area contributed by atoms with E-state index in [0.29, 0.717) is 5.56 Å². The predicted octanol–water partition coefficient (Wildman–Crippen LogP) is 1.05. The summed E-state index contributed by atoms with van der Waals surface area (Å²) in [7, 11) is 1.74. The summed E-state index contributed by atoms with van der Waals surface area (Å²) < 4.78 is 12.7. The van der Waals surface area contributed by atoms with Gasteiger partial charge in [-0.05, 0) is 26.1 Å². The van der Waals surface area contributed by atoms with Gasteiger partial charge in [0.2, 0.25) is 0 Å². The van der Waals surface area contributed by atoms with E-state index in [2.05, 4.69) is 5.32 Å². The normalized spacial score (nSPS) is 15.1. The Balaban J connectivity index is 2.95. The van der Waals surface area contributed by atoms with Crippen molar-refractivity contribution in [2.75, 3.05) is 12.8 Å². The Morgan fingerprint density at radius 3 is 2.64 bits per heavy atom. The highest BCUT2D eigenvalue weighted by molar-refractivity contribution is 5.48. The van der Waals surface area contributed by atoms with Crippen molar-refractivity contribution in [1.29, 1.82) is 0 Å². The maximum Gasteiger partial charge on any atom is 0.125 e. The second-order valence-corrected chi connectivity index (χ2v) is 3.30. The van der Waals surface area contributed by atoms with Gasteiger partial charge in [-0.1, -0.05) is 6.07 Å². The van der Waals surface area contributed by atoms with Crippen molar-refractivity contribution in [2.45, 2.75) is 19.1 Å². The molecular weight excluding hydrogens is 183 g/mol. The molecule has 0 radical (unpaired) electrons. The first kappa shape index (κ1) is 10.9. The van der Waals surface area contributed by atoms with E-state index < -0.39 is 11.9 Å². The van der Waals surface area contributed by atoms with Gasteiger partial charge in [0, 0.05) is 17.3 Å². The van der Waals surface area contributed by atoms with Crippen LogP contribution in [0.15, 0.2) is 18.2 Å². The van der Waals surface area contributed by atoms with Crippen LogP contribution < -0.4 is 11.1 Å². The zero-order chi connectivity index (χ0) is 10.7. The smallest absolute Gasteiger partial charge is 0.125 e. The SMILES string of the molecule is CNC(C)C(O)c1ccc(F)cc1N. The van der Waals surface area contributed by atoms with Crippen LogP contribution >= 0.6 is 0 Å². The maximum absolute atomic E-state index is 12.7. The number of nitrogens with one attached hydrogen (secondary N) is 1. The predicted molar refractivity (Wildman–Crippen MR) is 54.3 cm³/mol. The summed E-state index contributed by atoms with van der Waals surface area (Å²) in [4.78, 5) is 0. The van der Waals surface area contributed by atoms with Crippen molar-refractivity contribution < 1.29 is 9.50 Å². The van der Waals surface area contributed by atoms with Gasteiger partial charge in [0.05, 0.1) is 6.10 Å². The third kappa shape index (κ3) is 2.21. The Hall–Kier alpha value is -1.13. The maximum atomic E-state index is 12.7. The van der Waals surface area contributed by atoms with Crippen molar-refractivity contribution in [1.82, 2.24) is 5.32 Å². The van der Waals surface area contributed by atoms with Crippen LogP contribution in [-0.4, -0.2) is 18.2 Å². The van der Waals surface area contributed by atoms with Gasteiger partial charge >= 0.3 is 0 Å². The summed E-state index contributed by atoms with van der Waals surface area (Å²) in [6.45, 7) is 1.83. The Morgan fingerprint density at radius 2 is 2.14 bits per heavy atom. The highest BCUT2D eigenvalue weighted by Crippen LogP contribution is 2.23. The lowest BCUT2D eigenvalue weighted by molar-refractivity contribution is 0.141. The van der Waals surface area contributed by atoms with Gasteiger partial charge in [-0.2, -0.15) is 0 Å². The number of aliphatic hydroxyl groups is 1. The van der Waals surface area contributed by atoms with Crippen molar-refractivity contribution in [3.63, 3.8) is 0 Å². The second kappa shape index (κ2) is 4.39. The number of anilines is 1. The Kier molecular flexibility index (Phi) is 3.43. The fourth-order valence-corrected chi connectivity index (χ4v) is 1.24. The minimum atomic E-state index is -0.722. The molecule has 0 aliphatic heterocycles. The second-order valence-electron chi connectivity index (χ2n) is 3.30. The molecule has 0 bridgehead atoms. The number of benzene rings is 1. The minimum absolute atomic E-state index is 0.122. The van der Waals surface area contributed by atoms with Gasteiger partial charge in [-0.25, -0.2) is 4.39 Å². The van der Waals surface area contributed by atoms with E-state index >= 15 is 0 Å². The van der Waals surface area contributed by atoms with Gasteiger partial charge in [0.15, 0.2) is 0 Å². The molecule has 0 fully saturated rings. The lowest BCUT2D eigenvalue weighted by Gasteiger charge is -2.19. The van der Waals surface area contributed by atoms with E-state index in [9.17, 15) is 9.50 Å². The third-order valence-corrected chi connectivity index (χ3v) is 2.30. The topological polar surface area (TPSA) is 58.3 Å². The zero-order valence-corrected chi connectivity index (χ0v) is 8.29. The summed E-state index contributed by atoms with van der Waals surface area (Å²) in [6.07, 6.45) is -0.722. The van der Waals surface area contributed by atoms with Crippen molar-refractivity contribution in [2.24, 2.45) is 0 Å². The number of nitrogen functional groups attached to an aromatic ring is 1. The van der Waals surface area contributed by atoms with E-state index in [1.54, 1.807) is 7.05 Å². The molecule has 3 nitrogen and oxygen atoms in total. The Labute approximate surface area is 82.7 Å². The zero-order valence-electron chi connectivity index (χ0n) is 8.29. The number of aliphatic hydroxyl groups excluding tert-OH is 1. The van der Waals surface area contributed by atoms with Crippen LogP contribution in [0.4, 0.5) is 10.1 Å². The molecule has 4 heteroatoms. The average Bonchev–Trinajstić information content (AvgIpc) is 2.15. The molecule has 0 saturated heterocycles. The summed E-state index contributed by atoms with van der Waals surface area (Å²) in [5.74, 6) is -0.393. The van der Waals surface area contributed by atoms with Crippen LogP contribution in [0.1, 0.15) is 18.6 Å². The molecule has 14 heavy (non-hydrogen) atoms. The van der Waals surface area contributed by atoms with Gasteiger partial charge in [-0.3, -0.25) is 0 Å². The van der Waals surface area contributed by atoms with Crippen molar-refractivity contribution in [3.8, 4) is 0 Å². The van der Waals surface area contributed by atoms with Crippen LogP contribution in [0.2, 0.25) is 0 Å². The number of halogens is 1. The van der Waals surface area contributed by atoms with Crippen LogP contribution in [-0.2, 0) is 0 Å². The monoisotopic (exact) mass is 198 g/mol. The van der Waals surface area contributed by atoms with E-state index in [4.69, 9.17) is 5.73 Å². The standard InChI is InChI=1S/C10H15FN2O/c1-6(13-2)10(14)8-4-3-7(11)5-9(8)12/h3-6,10,13-14H,12H2,1-2H3. The number of rotatable bonds is 3. The first-order valence-electron chi connectivity index (χ1n) is 4.46. The molecule has 0 aliphatic rings. The highest BCUT2D eigenvalue weighted by Gasteiger charge is 2.17. The molecule has 0 amide bonds. The van der Waals surface area contributed by atoms with Crippen LogP contribution in [0.3, 0.4) is 0 Å². The first-order chi connectivity index (χ1) is 6.56. The summed E-state index contributed by atoms with van der Waals surface area (Å²) in [6, 6.07) is 3.88.